The quantitative estimate of drug-likeness (QED) is 0.398. The Morgan fingerprint density at radius 3 is 2.00 bits per heavy atom. The minimum Gasteiger partial charge on any atom is -0.292 e. The van der Waals surface area contributed by atoms with Crippen LogP contribution < -0.4 is 0 Å². The van der Waals surface area contributed by atoms with Crippen molar-refractivity contribution in [2.45, 2.75) is 38.6 Å². The molecule has 0 unspecified atom stereocenters. The zero-order valence-corrected chi connectivity index (χ0v) is 20.0. The van der Waals surface area contributed by atoms with E-state index in [9.17, 15) is 19.2 Å². The number of carbonyl (C=O) groups excluding carboxylic acids is 4. The molecule has 2 aromatic rings. The lowest BCUT2D eigenvalue weighted by molar-refractivity contribution is -0.156. The van der Waals surface area contributed by atoms with Crippen LogP contribution in [-0.4, -0.2) is 39.6 Å². The van der Waals surface area contributed by atoms with Gasteiger partial charge in [0, 0.05) is 15.6 Å². The maximum absolute atomic E-state index is 13.7. The van der Waals surface area contributed by atoms with Crippen LogP contribution >= 0.6 is 34.8 Å². The normalized spacial score (nSPS) is 21.0. The summed E-state index contributed by atoms with van der Waals surface area (Å²) in [5.74, 6) is -3.06. The highest BCUT2D eigenvalue weighted by Gasteiger charge is 2.53. The number of rotatable bonds is 5. The first-order valence-corrected chi connectivity index (χ1v) is 11.8. The zero-order chi connectivity index (χ0) is 23.9. The van der Waals surface area contributed by atoms with Gasteiger partial charge in [-0.15, -0.1) is 0 Å². The second-order valence-corrected chi connectivity index (χ2v) is 9.59. The minimum absolute atomic E-state index is 0.0345. The molecule has 1 saturated carbocycles. The topological polar surface area (TPSA) is 74.8 Å². The van der Waals surface area contributed by atoms with Gasteiger partial charge in [0.2, 0.25) is 0 Å². The largest absolute Gasteiger partial charge is 0.292 e. The SMILES string of the molecule is C[C@H](C(=O)c1ccc(Cl)cc1)N(C(=O)c1ccc(Cl)cc1Cl)N1C(=O)[C@@H]2CCCC[C@H]2C1=O. The number of halogens is 3. The molecule has 2 aliphatic rings. The lowest BCUT2D eigenvalue weighted by Crippen LogP contribution is -2.56. The van der Waals surface area contributed by atoms with E-state index in [-0.39, 0.29) is 10.6 Å². The number of nitrogens with zero attached hydrogens (tertiary/aromatic N) is 2. The number of Topliss-reactive ketones (excluding diaryl/α,β-unsaturated/α-hetero) is 1. The molecule has 3 amide bonds. The van der Waals surface area contributed by atoms with Gasteiger partial charge in [-0.2, -0.15) is 5.01 Å². The number of carbonyl (C=O) groups is 4. The van der Waals surface area contributed by atoms with Gasteiger partial charge in [-0.25, -0.2) is 5.01 Å². The highest BCUT2D eigenvalue weighted by atomic mass is 35.5. The molecule has 1 aliphatic carbocycles. The fourth-order valence-corrected chi connectivity index (χ4v) is 5.17. The standard InChI is InChI=1S/C24H21Cl3N2O4/c1-13(21(30)14-6-8-15(25)9-7-14)28(24(33)19-11-10-16(26)12-20(19)27)29-22(31)17-4-2-3-5-18(17)23(29)32/h6-13,17-18H,2-5H2,1H3/t13-,17-,18-/m1/s1. The summed E-state index contributed by atoms with van der Waals surface area (Å²) in [6, 6.07) is 9.33. The zero-order valence-electron chi connectivity index (χ0n) is 17.8. The lowest BCUT2D eigenvalue weighted by atomic mass is 9.81. The van der Waals surface area contributed by atoms with Crippen molar-refractivity contribution in [1.29, 1.82) is 0 Å². The molecule has 6 nitrogen and oxygen atoms in total. The molecule has 172 valence electrons. The third-order valence-corrected chi connectivity index (χ3v) is 7.08. The van der Waals surface area contributed by atoms with Gasteiger partial charge in [0.15, 0.2) is 5.78 Å². The van der Waals surface area contributed by atoms with Crippen LogP contribution in [0.15, 0.2) is 42.5 Å². The molecule has 0 bridgehead atoms. The van der Waals surface area contributed by atoms with E-state index < -0.39 is 41.4 Å². The van der Waals surface area contributed by atoms with E-state index in [2.05, 4.69) is 0 Å². The fourth-order valence-electron chi connectivity index (χ4n) is 4.55. The summed E-state index contributed by atoms with van der Waals surface area (Å²) in [5, 5.41) is 2.66. The third-order valence-electron chi connectivity index (χ3n) is 6.28. The van der Waals surface area contributed by atoms with Gasteiger partial charge in [0.25, 0.3) is 17.7 Å². The van der Waals surface area contributed by atoms with E-state index in [0.717, 1.165) is 22.9 Å². The van der Waals surface area contributed by atoms with E-state index >= 15 is 0 Å². The number of hydrogen-bond acceptors (Lipinski definition) is 4. The average Bonchev–Trinajstić information content (AvgIpc) is 3.04. The summed E-state index contributed by atoms with van der Waals surface area (Å²) in [6.07, 6.45) is 2.83. The van der Waals surface area contributed by atoms with Crippen molar-refractivity contribution in [3.8, 4) is 0 Å². The van der Waals surface area contributed by atoms with Gasteiger partial charge in [-0.3, -0.25) is 19.2 Å². The average molecular weight is 508 g/mol. The Hall–Kier alpha value is -2.41. The monoisotopic (exact) mass is 506 g/mol. The number of imide groups is 1. The first-order valence-electron chi connectivity index (χ1n) is 10.7. The summed E-state index contributed by atoms with van der Waals surface area (Å²) in [5.41, 5.74) is 0.329. The lowest BCUT2D eigenvalue weighted by Gasteiger charge is -2.35. The summed E-state index contributed by atoms with van der Waals surface area (Å²) in [4.78, 5) is 53.6. The summed E-state index contributed by atoms with van der Waals surface area (Å²) in [7, 11) is 0. The highest BCUT2D eigenvalue weighted by molar-refractivity contribution is 6.37. The number of hydrogen-bond donors (Lipinski definition) is 0. The van der Waals surface area contributed by atoms with Crippen LogP contribution in [0, 0.1) is 11.8 Å². The Kier molecular flexibility index (Phi) is 6.80. The minimum atomic E-state index is -1.15. The summed E-state index contributed by atoms with van der Waals surface area (Å²) < 4.78 is 0. The number of ketones is 1. The molecule has 1 aliphatic heterocycles. The highest BCUT2D eigenvalue weighted by Crippen LogP contribution is 2.40. The van der Waals surface area contributed by atoms with Crippen LogP contribution in [0.2, 0.25) is 15.1 Å². The third kappa shape index (κ3) is 4.39. The van der Waals surface area contributed by atoms with Gasteiger partial charge in [0.05, 0.1) is 22.4 Å². The first kappa shape index (κ1) is 23.7. The molecular weight excluding hydrogens is 487 g/mol. The van der Waals surface area contributed by atoms with Crippen LogP contribution in [0.5, 0.6) is 0 Å². The summed E-state index contributed by atoms with van der Waals surface area (Å²) in [6.45, 7) is 1.49. The molecule has 1 heterocycles. The van der Waals surface area contributed by atoms with Gasteiger partial charge in [0.1, 0.15) is 6.04 Å². The van der Waals surface area contributed by atoms with E-state index in [1.807, 2.05) is 0 Å². The molecule has 2 aromatic carbocycles. The van der Waals surface area contributed by atoms with Crippen LogP contribution in [0.25, 0.3) is 0 Å². The number of benzene rings is 2. The number of fused-ring (bicyclic) bond motifs is 1. The van der Waals surface area contributed by atoms with Crippen LogP contribution in [0.4, 0.5) is 0 Å². The molecule has 4 rings (SSSR count). The van der Waals surface area contributed by atoms with Gasteiger partial charge in [-0.1, -0.05) is 47.6 Å². The van der Waals surface area contributed by atoms with Crippen molar-refractivity contribution >= 4 is 58.3 Å². The van der Waals surface area contributed by atoms with E-state index in [1.165, 1.54) is 37.3 Å². The maximum Gasteiger partial charge on any atom is 0.275 e. The van der Waals surface area contributed by atoms with Gasteiger partial charge in [-0.05, 0) is 62.2 Å². The second kappa shape index (κ2) is 9.45. The van der Waals surface area contributed by atoms with E-state index in [1.54, 1.807) is 12.1 Å². The van der Waals surface area contributed by atoms with Crippen molar-refractivity contribution in [3.05, 3.63) is 68.7 Å². The van der Waals surface area contributed by atoms with Crippen molar-refractivity contribution in [3.63, 3.8) is 0 Å². The first-order chi connectivity index (χ1) is 15.7. The fraction of sp³-hybridized carbons (Fsp3) is 0.333. The molecule has 33 heavy (non-hydrogen) atoms. The Balaban J connectivity index is 1.77. The second-order valence-electron chi connectivity index (χ2n) is 8.31. The smallest absolute Gasteiger partial charge is 0.275 e. The predicted octanol–water partition coefficient (Wildman–Crippen LogP) is 5.45. The molecular formula is C24H21Cl3N2O4. The molecule has 0 radical (unpaired) electrons. The van der Waals surface area contributed by atoms with Crippen LogP contribution in [0.3, 0.4) is 0 Å². The van der Waals surface area contributed by atoms with Crippen LogP contribution in [-0.2, 0) is 9.59 Å². The molecule has 1 saturated heterocycles. The molecule has 9 heteroatoms. The molecule has 0 spiro atoms. The Morgan fingerprint density at radius 1 is 0.909 bits per heavy atom. The molecule has 2 fully saturated rings. The van der Waals surface area contributed by atoms with Crippen LogP contribution in [0.1, 0.15) is 53.3 Å². The van der Waals surface area contributed by atoms with Crippen molar-refractivity contribution < 1.29 is 19.2 Å². The number of amides is 3. The van der Waals surface area contributed by atoms with Crippen molar-refractivity contribution in [2.75, 3.05) is 0 Å². The Bertz CT molecular complexity index is 1110. The van der Waals surface area contributed by atoms with E-state index in [4.69, 9.17) is 34.8 Å². The molecule has 0 aromatic heterocycles. The van der Waals surface area contributed by atoms with Crippen molar-refractivity contribution in [1.82, 2.24) is 10.0 Å². The van der Waals surface area contributed by atoms with Crippen molar-refractivity contribution in [2.24, 2.45) is 11.8 Å². The molecule has 0 N–H and O–H groups in total. The molecule has 3 atom stereocenters. The van der Waals surface area contributed by atoms with Gasteiger partial charge >= 0.3 is 0 Å². The Labute approximate surface area is 206 Å². The van der Waals surface area contributed by atoms with Gasteiger partial charge < -0.3 is 0 Å². The number of hydrazine groups is 1. The van der Waals surface area contributed by atoms with E-state index in [0.29, 0.717) is 28.5 Å². The maximum atomic E-state index is 13.7. The summed E-state index contributed by atoms with van der Waals surface area (Å²) >= 11 is 18.2. The predicted molar refractivity (Wildman–Crippen MR) is 125 cm³/mol. The Morgan fingerprint density at radius 2 is 1.45 bits per heavy atom.